The summed E-state index contributed by atoms with van der Waals surface area (Å²) >= 11 is 3.61. The molecular weight excluding hydrogens is 262 g/mol. The van der Waals surface area contributed by atoms with Crippen LogP contribution in [-0.2, 0) is 0 Å². The molecule has 2 heteroatoms. The van der Waals surface area contributed by atoms with E-state index >= 15 is 0 Å². The van der Waals surface area contributed by atoms with Crippen molar-refractivity contribution in [2.24, 2.45) is 5.92 Å². The van der Waals surface area contributed by atoms with Gasteiger partial charge < -0.3 is 5.32 Å². The van der Waals surface area contributed by atoms with Crippen molar-refractivity contribution in [1.29, 1.82) is 0 Å². The molecule has 16 heavy (non-hydrogen) atoms. The van der Waals surface area contributed by atoms with Gasteiger partial charge in [0.15, 0.2) is 0 Å². The fraction of sp³-hybridized carbons (Fsp3) is 0.571. The molecule has 0 aromatic heterocycles. The fourth-order valence-electron chi connectivity index (χ4n) is 2.49. The van der Waals surface area contributed by atoms with Gasteiger partial charge in [-0.25, -0.2) is 0 Å². The molecule has 1 fully saturated rings. The highest BCUT2D eigenvalue weighted by molar-refractivity contribution is 9.10. The van der Waals surface area contributed by atoms with Gasteiger partial charge in [-0.3, -0.25) is 0 Å². The Bertz CT molecular complexity index is 331. The zero-order valence-corrected chi connectivity index (χ0v) is 11.5. The van der Waals surface area contributed by atoms with Gasteiger partial charge in [0.2, 0.25) is 0 Å². The van der Waals surface area contributed by atoms with E-state index in [0.717, 1.165) is 5.92 Å². The summed E-state index contributed by atoms with van der Waals surface area (Å²) in [6.07, 6.45) is 5.68. The van der Waals surface area contributed by atoms with Crippen molar-refractivity contribution in [2.75, 3.05) is 6.54 Å². The SMILES string of the molecule is C[C@@H](NCC1CCCC1)c1ccccc1Br. The molecule has 0 aliphatic heterocycles. The Labute approximate surface area is 107 Å². The second-order valence-electron chi connectivity index (χ2n) is 4.80. The summed E-state index contributed by atoms with van der Waals surface area (Å²) in [5, 5.41) is 3.65. The predicted molar refractivity (Wildman–Crippen MR) is 72.5 cm³/mol. The molecule has 2 rings (SSSR count). The molecule has 1 aliphatic carbocycles. The van der Waals surface area contributed by atoms with Gasteiger partial charge in [-0.15, -0.1) is 0 Å². The minimum absolute atomic E-state index is 0.441. The minimum Gasteiger partial charge on any atom is -0.310 e. The molecule has 1 saturated carbocycles. The Kier molecular flexibility index (Phi) is 4.42. The molecular formula is C14H20BrN. The molecule has 0 heterocycles. The molecule has 1 atom stereocenters. The van der Waals surface area contributed by atoms with Crippen molar-refractivity contribution < 1.29 is 0 Å². The maximum atomic E-state index is 3.65. The van der Waals surface area contributed by atoms with Crippen molar-refractivity contribution in [2.45, 2.75) is 38.6 Å². The van der Waals surface area contributed by atoms with Gasteiger partial charge in [-0.2, -0.15) is 0 Å². The van der Waals surface area contributed by atoms with Crippen LogP contribution in [0.1, 0.15) is 44.2 Å². The van der Waals surface area contributed by atoms with Gasteiger partial charge in [-0.1, -0.05) is 47.0 Å². The molecule has 0 saturated heterocycles. The van der Waals surface area contributed by atoms with E-state index < -0.39 is 0 Å². The van der Waals surface area contributed by atoms with Crippen LogP contribution >= 0.6 is 15.9 Å². The van der Waals surface area contributed by atoms with E-state index in [1.807, 2.05) is 0 Å². The standard InChI is InChI=1S/C14H20BrN/c1-11(13-8-4-5-9-14(13)15)16-10-12-6-2-3-7-12/h4-5,8-9,11-12,16H,2-3,6-7,10H2,1H3/t11-/m1/s1. The first kappa shape index (κ1) is 12.1. The van der Waals surface area contributed by atoms with E-state index in [0.29, 0.717) is 6.04 Å². The molecule has 1 aromatic carbocycles. The van der Waals surface area contributed by atoms with Crippen LogP contribution in [0.5, 0.6) is 0 Å². The van der Waals surface area contributed by atoms with Gasteiger partial charge in [-0.05, 0) is 43.9 Å². The summed E-state index contributed by atoms with van der Waals surface area (Å²) in [6, 6.07) is 8.92. The highest BCUT2D eigenvalue weighted by Gasteiger charge is 2.16. The topological polar surface area (TPSA) is 12.0 Å². The summed E-state index contributed by atoms with van der Waals surface area (Å²) in [4.78, 5) is 0. The van der Waals surface area contributed by atoms with Gasteiger partial charge >= 0.3 is 0 Å². The molecule has 0 bridgehead atoms. The molecule has 0 amide bonds. The molecule has 88 valence electrons. The second kappa shape index (κ2) is 5.83. The van der Waals surface area contributed by atoms with Crippen molar-refractivity contribution >= 4 is 15.9 Å². The first-order chi connectivity index (χ1) is 7.77. The highest BCUT2D eigenvalue weighted by atomic mass is 79.9. The van der Waals surface area contributed by atoms with Gasteiger partial charge in [0.25, 0.3) is 0 Å². The van der Waals surface area contributed by atoms with Crippen LogP contribution in [0, 0.1) is 5.92 Å². The second-order valence-corrected chi connectivity index (χ2v) is 5.66. The van der Waals surface area contributed by atoms with E-state index in [4.69, 9.17) is 0 Å². The number of halogens is 1. The van der Waals surface area contributed by atoms with Gasteiger partial charge in [0, 0.05) is 10.5 Å². The molecule has 0 unspecified atom stereocenters. The average molecular weight is 282 g/mol. The molecule has 1 aliphatic rings. The summed E-state index contributed by atoms with van der Waals surface area (Å²) < 4.78 is 1.21. The first-order valence-electron chi connectivity index (χ1n) is 6.25. The van der Waals surface area contributed by atoms with E-state index in [-0.39, 0.29) is 0 Å². The average Bonchev–Trinajstić information content (AvgIpc) is 2.79. The quantitative estimate of drug-likeness (QED) is 0.868. The van der Waals surface area contributed by atoms with Gasteiger partial charge in [0.1, 0.15) is 0 Å². The minimum atomic E-state index is 0.441. The van der Waals surface area contributed by atoms with Crippen LogP contribution in [0.25, 0.3) is 0 Å². The lowest BCUT2D eigenvalue weighted by Gasteiger charge is -2.18. The Morgan fingerprint density at radius 3 is 2.69 bits per heavy atom. The fourth-order valence-corrected chi connectivity index (χ4v) is 3.12. The van der Waals surface area contributed by atoms with Crippen LogP contribution in [0.4, 0.5) is 0 Å². The zero-order valence-electron chi connectivity index (χ0n) is 9.88. The number of benzene rings is 1. The van der Waals surface area contributed by atoms with Crippen LogP contribution in [0.2, 0.25) is 0 Å². The Balaban J connectivity index is 1.87. The van der Waals surface area contributed by atoms with E-state index in [1.54, 1.807) is 0 Å². The first-order valence-corrected chi connectivity index (χ1v) is 7.04. The van der Waals surface area contributed by atoms with Gasteiger partial charge in [0.05, 0.1) is 0 Å². The lowest BCUT2D eigenvalue weighted by atomic mass is 10.1. The van der Waals surface area contributed by atoms with E-state index in [2.05, 4.69) is 52.4 Å². The molecule has 1 N–H and O–H groups in total. The molecule has 1 nitrogen and oxygen atoms in total. The largest absolute Gasteiger partial charge is 0.310 e. The summed E-state index contributed by atoms with van der Waals surface area (Å²) in [5.41, 5.74) is 1.36. The molecule has 1 aromatic rings. The molecule has 0 spiro atoms. The van der Waals surface area contributed by atoms with Crippen LogP contribution in [0.15, 0.2) is 28.7 Å². The third-order valence-corrected chi connectivity index (χ3v) is 4.28. The number of rotatable bonds is 4. The predicted octanol–water partition coefficient (Wildman–Crippen LogP) is 4.29. The Hall–Kier alpha value is -0.340. The normalized spacial score (nSPS) is 18.9. The number of hydrogen-bond acceptors (Lipinski definition) is 1. The van der Waals surface area contributed by atoms with Crippen molar-refractivity contribution in [3.63, 3.8) is 0 Å². The van der Waals surface area contributed by atoms with Crippen molar-refractivity contribution in [1.82, 2.24) is 5.32 Å². The van der Waals surface area contributed by atoms with E-state index in [9.17, 15) is 0 Å². The monoisotopic (exact) mass is 281 g/mol. The lowest BCUT2D eigenvalue weighted by Crippen LogP contribution is -2.24. The number of nitrogens with one attached hydrogen (secondary N) is 1. The number of hydrogen-bond donors (Lipinski definition) is 1. The molecule has 0 radical (unpaired) electrons. The third kappa shape index (κ3) is 3.08. The Morgan fingerprint density at radius 1 is 1.31 bits per heavy atom. The zero-order chi connectivity index (χ0) is 11.4. The maximum absolute atomic E-state index is 3.65. The van der Waals surface area contributed by atoms with Crippen molar-refractivity contribution in [3.8, 4) is 0 Å². The van der Waals surface area contributed by atoms with Crippen LogP contribution < -0.4 is 5.32 Å². The third-order valence-electron chi connectivity index (χ3n) is 3.56. The summed E-state index contributed by atoms with van der Waals surface area (Å²) in [5.74, 6) is 0.907. The van der Waals surface area contributed by atoms with Crippen LogP contribution in [0.3, 0.4) is 0 Å². The summed E-state index contributed by atoms with van der Waals surface area (Å²) in [6.45, 7) is 3.41. The van der Waals surface area contributed by atoms with Crippen LogP contribution in [-0.4, -0.2) is 6.54 Å². The highest BCUT2D eigenvalue weighted by Crippen LogP contribution is 2.26. The Morgan fingerprint density at radius 2 is 2.00 bits per heavy atom. The lowest BCUT2D eigenvalue weighted by molar-refractivity contribution is 0.452. The maximum Gasteiger partial charge on any atom is 0.0303 e. The smallest absolute Gasteiger partial charge is 0.0303 e. The van der Waals surface area contributed by atoms with E-state index in [1.165, 1.54) is 42.3 Å². The van der Waals surface area contributed by atoms with Crippen molar-refractivity contribution in [3.05, 3.63) is 34.3 Å². The summed E-state index contributed by atoms with van der Waals surface area (Å²) in [7, 11) is 0.